The molecular formula is C16H10N3O4-. The van der Waals surface area contributed by atoms with Crippen molar-refractivity contribution in [2.45, 2.75) is 0 Å². The molecule has 0 atom stereocenters. The highest BCUT2D eigenvalue weighted by Crippen LogP contribution is 2.26. The van der Waals surface area contributed by atoms with Crippen LogP contribution in [0.4, 0.5) is 5.69 Å². The van der Waals surface area contributed by atoms with E-state index in [4.69, 9.17) is 0 Å². The number of aliphatic carboxylic acids is 1. The number of nitro groups is 1. The maximum atomic E-state index is 10.9. The summed E-state index contributed by atoms with van der Waals surface area (Å²) in [6.45, 7) is 0. The third-order valence-corrected chi connectivity index (χ3v) is 3.27. The quantitative estimate of drug-likeness (QED) is 0.414. The fraction of sp³-hybridized carbons (Fsp3) is 0. The molecule has 0 saturated carbocycles. The normalized spacial score (nSPS) is 11.1. The predicted octanol–water partition coefficient (Wildman–Crippen LogP) is 1.67. The molecule has 0 fully saturated rings. The van der Waals surface area contributed by atoms with Crippen LogP contribution in [0.25, 0.3) is 23.0 Å². The minimum Gasteiger partial charge on any atom is -0.545 e. The van der Waals surface area contributed by atoms with Crippen molar-refractivity contribution in [3.63, 3.8) is 0 Å². The Bertz CT molecular complexity index is 943. The second-order valence-corrected chi connectivity index (χ2v) is 4.74. The highest BCUT2D eigenvalue weighted by molar-refractivity contribution is 5.86. The van der Waals surface area contributed by atoms with Crippen LogP contribution in [0.15, 0.2) is 54.7 Å². The van der Waals surface area contributed by atoms with Crippen LogP contribution in [0.3, 0.4) is 0 Å². The Balaban J connectivity index is 2.20. The number of hydrogen-bond donors (Lipinski definition) is 0. The Hall–Kier alpha value is -3.48. The summed E-state index contributed by atoms with van der Waals surface area (Å²) in [4.78, 5) is 25.4. The third-order valence-electron chi connectivity index (χ3n) is 3.27. The van der Waals surface area contributed by atoms with Crippen LogP contribution in [0.2, 0.25) is 0 Å². The lowest BCUT2D eigenvalue weighted by atomic mass is 10.2. The van der Waals surface area contributed by atoms with Gasteiger partial charge in [0.05, 0.1) is 22.1 Å². The number of hydrogen-bond acceptors (Lipinski definition) is 5. The van der Waals surface area contributed by atoms with Crippen molar-refractivity contribution < 1.29 is 14.8 Å². The van der Waals surface area contributed by atoms with Gasteiger partial charge in [0.2, 0.25) is 0 Å². The van der Waals surface area contributed by atoms with Gasteiger partial charge in [-0.15, -0.1) is 0 Å². The first kappa shape index (κ1) is 14.5. The van der Waals surface area contributed by atoms with Gasteiger partial charge >= 0.3 is 0 Å². The smallest absolute Gasteiger partial charge is 0.270 e. The van der Waals surface area contributed by atoms with Crippen LogP contribution in [0.1, 0.15) is 5.69 Å². The van der Waals surface area contributed by atoms with Crippen molar-refractivity contribution in [1.82, 2.24) is 9.38 Å². The van der Waals surface area contributed by atoms with Gasteiger partial charge in [0, 0.05) is 23.9 Å². The molecule has 1 aromatic carbocycles. The first-order valence-electron chi connectivity index (χ1n) is 6.67. The Morgan fingerprint density at radius 3 is 2.78 bits per heavy atom. The van der Waals surface area contributed by atoms with E-state index in [2.05, 4.69) is 4.98 Å². The van der Waals surface area contributed by atoms with Gasteiger partial charge in [-0.1, -0.05) is 18.2 Å². The fourth-order valence-electron chi connectivity index (χ4n) is 2.29. The lowest BCUT2D eigenvalue weighted by Gasteiger charge is -2.01. The summed E-state index contributed by atoms with van der Waals surface area (Å²) in [6, 6.07) is 11.5. The molecular weight excluding hydrogens is 298 g/mol. The van der Waals surface area contributed by atoms with E-state index in [1.165, 1.54) is 18.2 Å². The van der Waals surface area contributed by atoms with Gasteiger partial charge in [0.15, 0.2) is 0 Å². The van der Waals surface area contributed by atoms with Gasteiger partial charge in [0.25, 0.3) is 5.69 Å². The standard InChI is InChI=1S/C16H11N3O4/c20-15(21)8-7-13-14-6-1-2-9-18(14)16(17-13)11-4-3-5-12(10-11)19(22)23/h1-10H,(H,20,21)/p-1/b8-7+. The maximum absolute atomic E-state index is 10.9. The molecule has 2 aromatic heterocycles. The number of carbonyl (C=O) groups excluding carboxylic acids is 1. The predicted molar refractivity (Wildman–Crippen MR) is 81.3 cm³/mol. The Morgan fingerprint density at radius 2 is 2.04 bits per heavy atom. The fourth-order valence-corrected chi connectivity index (χ4v) is 2.29. The molecule has 0 aliphatic rings. The molecule has 0 unspecified atom stereocenters. The molecule has 0 aliphatic heterocycles. The average Bonchev–Trinajstić information content (AvgIpc) is 2.92. The van der Waals surface area contributed by atoms with E-state index in [0.29, 0.717) is 22.6 Å². The Labute approximate surface area is 130 Å². The summed E-state index contributed by atoms with van der Waals surface area (Å²) in [5, 5.41) is 21.5. The lowest BCUT2D eigenvalue weighted by molar-refractivity contribution is -0.384. The minimum atomic E-state index is -1.32. The van der Waals surface area contributed by atoms with Crippen molar-refractivity contribution in [3.05, 3.63) is 70.5 Å². The molecule has 7 heteroatoms. The molecule has 0 saturated heterocycles. The van der Waals surface area contributed by atoms with E-state index in [1.807, 2.05) is 0 Å². The van der Waals surface area contributed by atoms with E-state index in [0.717, 1.165) is 6.08 Å². The summed E-state index contributed by atoms with van der Waals surface area (Å²) >= 11 is 0. The van der Waals surface area contributed by atoms with Crippen molar-refractivity contribution >= 4 is 23.2 Å². The van der Waals surface area contributed by atoms with E-state index in [9.17, 15) is 20.0 Å². The molecule has 3 aromatic rings. The number of aromatic nitrogens is 2. The van der Waals surface area contributed by atoms with Gasteiger partial charge in [-0.2, -0.15) is 0 Å². The molecule has 3 rings (SSSR count). The zero-order valence-electron chi connectivity index (χ0n) is 11.7. The molecule has 7 nitrogen and oxygen atoms in total. The van der Waals surface area contributed by atoms with Crippen LogP contribution in [-0.2, 0) is 4.79 Å². The Kier molecular flexibility index (Phi) is 3.60. The highest BCUT2D eigenvalue weighted by Gasteiger charge is 2.13. The van der Waals surface area contributed by atoms with E-state index in [-0.39, 0.29) is 5.69 Å². The third kappa shape index (κ3) is 2.80. The molecule has 0 N–H and O–H groups in total. The van der Waals surface area contributed by atoms with Crippen LogP contribution in [-0.4, -0.2) is 20.3 Å². The van der Waals surface area contributed by atoms with E-state index < -0.39 is 10.9 Å². The summed E-state index contributed by atoms with van der Waals surface area (Å²) < 4.78 is 1.74. The number of carboxylic acid groups (broad SMARTS) is 1. The second-order valence-electron chi connectivity index (χ2n) is 4.74. The molecule has 0 amide bonds. The zero-order chi connectivity index (χ0) is 16.4. The van der Waals surface area contributed by atoms with Gasteiger partial charge in [-0.25, -0.2) is 4.98 Å². The maximum Gasteiger partial charge on any atom is 0.270 e. The number of non-ortho nitro benzene ring substituents is 1. The number of rotatable bonds is 4. The van der Waals surface area contributed by atoms with Crippen LogP contribution in [0, 0.1) is 10.1 Å². The zero-order valence-corrected chi connectivity index (χ0v) is 11.7. The van der Waals surface area contributed by atoms with E-state index >= 15 is 0 Å². The largest absolute Gasteiger partial charge is 0.545 e. The number of nitro benzene ring substituents is 1. The minimum absolute atomic E-state index is 0.0398. The van der Waals surface area contributed by atoms with Crippen LogP contribution >= 0.6 is 0 Å². The summed E-state index contributed by atoms with van der Waals surface area (Å²) in [5.74, 6) is -0.832. The first-order chi connectivity index (χ1) is 11.1. The van der Waals surface area contributed by atoms with Crippen LogP contribution < -0.4 is 5.11 Å². The topological polar surface area (TPSA) is 101 Å². The van der Waals surface area contributed by atoms with Crippen molar-refractivity contribution in [3.8, 4) is 11.4 Å². The molecule has 0 radical (unpaired) electrons. The van der Waals surface area contributed by atoms with Gasteiger partial charge < -0.3 is 9.90 Å². The summed E-state index contributed by atoms with van der Waals surface area (Å²) in [5.41, 5.74) is 1.65. The van der Waals surface area contributed by atoms with Gasteiger partial charge in [-0.05, 0) is 24.3 Å². The lowest BCUT2D eigenvalue weighted by Crippen LogP contribution is -2.18. The molecule has 2 heterocycles. The van der Waals surface area contributed by atoms with Crippen molar-refractivity contribution in [1.29, 1.82) is 0 Å². The van der Waals surface area contributed by atoms with Gasteiger partial charge in [-0.3, -0.25) is 14.5 Å². The molecule has 0 aliphatic carbocycles. The second kappa shape index (κ2) is 5.72. The number of carboxylic acids is 1. The number of nitrogens with zero attached hydrogens (tertiary/aromatic N) is 3. The number of benzene rings is 1. The van der Waals surface area contributed by atoms with Crippen molar-refractivity contribution in [2.75, 3.05) is 0 Å². The Morgan fingerprint density at radius 1 is 1.22 bits per heavy atom. The van der Waals surface area contributed by atoms with Crippen LogP contribution in [0.5, 0.6) is 0 Å². The highest BCUT2D eigenvalue weighted by atomic mass is 16.6. The summed E-state index contributed by atoms with van der Waals surface area (Å²) in [6.07, 6.45) is 3.99. The number of carbonyl (C=O) groups is 1. The average molecular weight is 308 g/mol. The number of fused-ring (bicyclic) bond motifs is 1. The molecule has 0 bridgehead atoms. The number of pyridine rings is 1. The number of imidazole rings is 1. The first-order valence-corrected chi connectivity index (χ1v) is 6.67. The molecule has 23 heavy (non-hydrogen) atoms. The molecule has 114 valence electrons. The SMILES string of the molecule is O=C([O-])/C=C/c1nc(-c2cccc([N+](=O)[O-])c2)n2ccccc12. The van der Waals surface area contributed by atoms with Gasteiger partial charge in [0.1, 0.15) is 5.82 Å². The summed E-state index contributed by atoms with van der Waals surface area (Å²) in [7, 11) is 0. The monoisotopic (exact) mass is 308 g/mol. The molecule has 0 spiro atoms. The van der Waals surface area contributed by atoms with E-state index in [1.54, 1.807) is 40.9 Å². The van der Waals surface area contributed by atoms with Crippen molar-refractivity contribution in [2.24, 2.45) is 0 Å².